The number of rotatable bonds is 5. The van der Waals surface area contributed by atoms with E-state index in [1.54, 1.807) is 24.3 Å². The Labute approximate surface area is 160 Å². The molecule has 2 heterocycles. The number of ketones is 1. The lowest BCUT2D eigenvalue weighted by atomic mass is 10.0. The van der Waals surface area contributed by atoms with Crippen molar-refractivity contribution in [3.05, 3.63) is 63.4 Å². The van der Waals surface area contributed by atoms with Crippen LogP contribution >= 0.6 is 15.9 Å². The van der Waals surface area contributed by atoms with E-state index >= 15 is 0 Å². The topological polar surface area (TPSA) is 64.2 Å². The van der Waals surface area contributed by atoms with Gasteiger partial charge in [-0.05, 0) is 59.6 Å². The van der Waals surface area contributed by atoms with Crippen LogP contribution in [0.2, 0.25) is 0 Å². The smallest absolute Gasteiger partial charge is 0.231 e. The molecule has 26 heavy (non-hydrogen) atoms. The molecule has 5 nitrogen and oxygen atoms in total. The summed E-state index contributed by atoms with van der Waals surface area (Å²) in [6.07, 6.45) is 3.34. The number of aromatic nitrogens is 1. The lowest BCUT2D eigenvalue weighted by Crippen LogP contribution is -2.05. The number of hydrogen-bond acceptors (Lipinski definition) is 4. The predicted octanol–water partition coefficient (Wildman–Crippen LogP) is 4.57. The third-order valence-corrected chi connectivity index (χ3v) is 4.84. The number of nitriles is 1. The van der Waals surface area contributed by atoms with Crippen molar-refractivity contribution in [1.82, 2.24) is 4.57 Å². The van der Waals surface area contributed by atoms with E-state index in [2.05, 4.69) is 22.5 Å². The first-order valence-electron chi connectivity index (χ1n) is 7.99. The maximum atomic E-state index is 12.9. The van der Waals surface area contributed by atoms with Crippen molar-refractivity contribution in [2.75, 3.05) is 6.79 Å². The molecule has 0 saturated carbocycles. The van der Waals surface area contributed by atoms with Crippen molar-refractivity contribution in [3.63, 3.8) is 0 Å². The Morgan fingerprint density at radius 2 is 2.15 bits per heavy atom. The third-order valence-electron chi connectivity index (χ3n) is 4.26. The first kappa shape index (κ1) is 18.0. The molecular formula is C20H17BrN2O3. The number of Topliss-reactive ketones (excluding diaryl/α,β-unsaturated/α-hetero) is 1. The molecule has 0 atom stereocenters. The Bertz CT molecular complexity index is 980. The van der Waals surface area contributed by atoms with Crippen LogP contribution in [-0.4, -0.2) is 17.1 Å². The van der Waals surface area contributed by atoms with Gasteiger partial charge in [0.15, 0.2) is 11.5 Å². The Morgan fingerprint density at radius 3 is 2.85 bits per heavy atom. The van der Waals surface area contributed by atoms with Gasteiger partial charge >= 0.3 is 0 Å². The number of nitrogens with zero attached hydrogens (tertiary/aromatic N) is 2. The van der Waals surface area contributed by atoms with Gasteiger partial charge in [-0.25, -0.2) is 0 Å². The maximum Gasteiger partial charge on any atom is 0.231 e. The van der Waals surface area contributed by atoms with E-state index in [0.717, 1.165) is 11.4 Å². The van der Waals surface area contributed by atoms with Gasteiger partial charge in [0.2, 0.25) is 12.6 Å². The summed E-state index contributed by atoms with van der Waals surface area (Å²) in [4.78, 5) is 12.9. The maximum absolute atomic E-state index is 12.9. The number of fused-ring (bicyclic) bond motifs is 1. The molecule has 1 aromatic heterocycles. The first-order valence-corrected chi connectivity index (χ1v) is 8.78. The van der Waals surface area contributed by atoms with Gasteiger partial charge in [0.1, 0.15) is 11.6 Å². The highest BCUT2D eigenvalue weighted by Gasteiger charge is 2.21. The minimum absolute atomic E-state index is 0.0645. The highest BCUT2D eigenvalue weighted by Crippen LogP contribution is 2.40. The van der Waals surface area contributed by atoms with Gasteiger partial charge in [-0.3, -0.25) is 4.79 Å². The van der Waals surface area contributed by atoms with Gasteiger partial charge in [-0.2, -0.15) is 5.26 Å². The van der Waals surface area contributed by atoms with Crippen molar-refractivity contribution >= 4 is 27.8 Å². The Morgan fingerprint density at radius 1 is 1.38 bits per heavy atom. The minimum atomic E-state index is -0.301. The largest absolute Gasteiger partial charge is 0.454 e. The Balaban J connectivity index is 2.00. The SMILES string of the molecule is C=CCn1c(C)cc(C(=O)/C(C#N)=C/c2cc(Br)c3c(c2)OCO3)c1C. The summed E-state index contributed by atoms with van der Waals surface area (Å²) in [5.41, 5.74) is 3.05. The van der Waals surface area contributed by atoms with Gasteiger partial charge in [0.25, 0.3) is 0 Å². The summed E-state index contributed by atoms with van der Waals surface area (Å²) >= 11 is 3.42. The Kier molecular flexibility index (Phi) is 5.01. The number of carbonyl (C=O) groups is 1. The zero-order valence-electron chi connectivity index (χ0n) is 14.5. The molecule has 0 radical (unpaired) electrons. The van der Waals surface area contributed by atoms with Crippen molar-refractivity contribution < 1.29 is 14.3 Å². The molecule has 1 aromatic carbocycles. The zero-order chi connectivity index (χ0) is 18.8. The fourth-order valence-electron chi connectivity index (χ4n) is 2.97. The highest BCUT2D eigenvalue weighted by molar-refractivity contribution is 9.10. The van der Waals surface area contributed by atoms with Crippen molar-refractivity contribution in [3.8, 4) is 17.6 Å². The number of aryl methyl sites for hydroxylation is 1. The van der Waals surface area contributed by atoms with Crippen molar-refractivity contribution in [1.29, 1.82) is 5.26 Å². The van der Waals surface area contributed by atoms with Crippen LogP contribution in [0.5, 0.6) is 11.5 Å². The number of allylic oxidation sites excluding steroid dienone is 2. The van der Waals surface area contributed by atoms with E-state index in [1.807, 2.05) is 30.6 Å². The van der Waals surface area contributed by atoms with Crippen LogP contribution in [0.3, 0.4) is 0 Å². The number of hydrogen-bond donors (Lipinski definition) is 0. The molecule has 1 aliphatic heterocycles. The van der Waals surface area contributed by atoms with E-state index in [9.17, 15) is 10.1 Å². The summed E-state index contributed by atoms with van der Waals surface area (Å²) in [7, 11) is 0. The van der Waals surface area contributed by atoms with Crippen LogP contribution in [-0.2, 0) is 6.54 Å². The summed E-state index contributed by atoms with van der Waals surface area (Å²) in [5.74, 6) is 0.907. The fraction of sp³-hybridized carbons (Fsp3) is 0.200. The number of carbonyl (C=O) groups excluding carboxylic acids is 1. The fourth-order valence-corrected chi connectivity index (χ4v) is 3.55. The van der Waals surface area contributed by atoms with Crippen LogP contribution in [0.1, 0.15) is 27.3 Å². The molecule has 0 amide bonds. The number of ether oxygens (including phenoxy) is 2. The summed E-state index contributed by atoms with van der Waals surface area (Å²) in [6, 6.07) is 7.37. The third kappa shape index (κ3) is 3.18. The molecule has 0 N–H and O–H groups in total. The van der Waals surface area contributed by atoms with Crippen molar-refractivity contribution in [2.24, 2.45) is 0 Å². The van der Waals surface area contributed by atoms with Gasteiger partial charge in [0, 0.05) is 23.5 Å². The van der Waals surface area contributed by atoms with Gasteiger partial charge in [0.05, 0.1) is 4.47 Å². The molecule has 0 saturated heterocycles. The van der Waals surface area contributed by atoms with Crippen LogP contribution in [0.4, 0.5) is 0 Å². The van der Waals surface area contributed by atoms with E-state index in [0.29, 0.717) is 33.6 Å². The van der Waals surface area contributed by atoms with Crippen LogP contribution in [0.25, 0.3) is 6.08 Å². The molecule has 1 aliphatic rings. The van der Waals surface area contributed by atoms with Crippen LogP contribution in [0.15, 0.2) is 40.9 Å². The molecule has 0 aliphatic carbocycles. The first-order chi connectivity index (χ1) is 12.5. The molecule has 6 heteroatoms. The molecule has 3 rings (SSSR count). The molecule has 0 fully saturated rings. The van der Waals surface area contributed by atoms with Gasteiger partial charge < -0.3 is 14.0 Å². The monoisotopic (exact) mass is 412 g/mol. The Hall–Kier alpha value is -2.78. The second-order valence-corrected chi connectivity index (χ2v) is 6.77. The van der Waals surface area contributed by atoms with Crippen LogP contribution < -0.4 is 9.47 Å². The normalized spacial score (nSPS) is 12.8. The molecule has 0 unspecified atom stereocenters. The molecule has 2 aromatic rings. The van der Waals surface area contributed by atoms with Crippen molar-refractivity contribution in [2.45, 2.75) is 20.4 Å². The number of halogens is 1. The van der Waals surface area contributed by atoms with E-state index in [1.165, 1.54) is 0 Å². The predicted molar refractivity (Wildman–Crippen MR) is 102 cm³/mol. The van der Waals surface area contributed by atoms with Gasteiger partial charge in [-0.1, -0.05) is 6.08 Å². The lowest BCUT2D eigenvalue weighted by Gasteiger charge is -2.06. The zero-order valence-corrected chi connectivity index (χ0v) is 16.1. The molecule has 0 bridgehead atoms. The summed E-state index contributed by atoms with van der Waals surface area (Å²) < 4.78 is 13.4. The molecular weight excluding hydrogens is 396 g/mol. The van der Waals surface area contributed by atoms with E-state index < -0.39 is 0 Å². The lowest BCUT2D eigenvalue weighted by molar-refractivity contribution is 0.103. The molecule has 132 valence electrons. The summed E-state index contributed by atoms with van der Waals surface area (Å²) in [6.45, 7) is 8.31. The average molecular weight is 413 g/mol. The second kappa shape index (κ2) is 7.22. The number of benzene rings is 1. The van der Waals surface area contributed by atoms with Gasteiger partial charge in [-0.15, -0.1) is 6.58 Å². The van der Waals surface area contributed by atoms with E-state index in [4.69, 9.17) is 9.47 Å². The minimum Gasteiger partial charge on any atom is -0.454 e. The molecule has 0 spiro atoms. The summed E-state index contributed by atoms with van der Waals surface area (Å²) in [5, 5.41) is 9.52. The quantitative estimate of drug-likeness (QED) is 0.312. The van der Waals surface area contributed by atoms with Crippen LogP contribution in [0, 0.1) is 25.2 Å². The highest BCUT2D eigenvalue weighted by atomic mass is 79.9. The second-order valence-electron chi connectivity index (χ2n) is 5.92. The van der Waals surface area contributed by atoms with E-state index in [-0.39, 0.29) is 18.1 Å². The average Bonchev–Trinajstić information content (AvgIpc) is 3.19. The standard InChI is InChI=1S/C20H17BrN2O3/c1-4-5-23-12(2)6-16(13(23)3)19(24)15(10-22)7-14-8-17(21)20-18(9-14)25-11-26-20/h4,6-9H,1,5,11H2,2-3H3/b15-7+.